The summed E-state index contributed by atoms with van der Waals surface area (Å²) in [7, 11) is 0. The number of carbonyl (C=O) groups is 2. The van der Waals surface area contributed by atoms with Crippen LogP contribution in [0.4, 0.5) is 10.1 Å². The van der Waals surface area contributed by atoms with Gasteiger partial charge >= 0.3 is 0 Å². The summed E-state index contributed by atoms with van der Waals surface area (Å²) in [5, 5.41) is 3.28. The van der Waals surface area contributed by atoms with Gasteiger partial charge in [-0.1, -0.05) is 61.8 Å². The van der Waals surface area contributed by atoms with Crippen molar-refractivity contribution in [2.45, 2.75) is 51.8 Å². The molecule has 0 spiro atoms. The van der Waals surface area contributed by atoms with E-state index in [0.29, 0.717) is 29.8 Å². The normalized spacial score (nSPS) is 16.2. The standard InChI is InChI=1S/C28H28ClFN2O3/c1-3-23(18-8-6-5-7-9-18)27(33)31-22-12-13-26-20(14-22)17-32(28(34)25(4-2)35-26)16-19-10-11-21(30)15-24(19)29/h5-15,23,25H,3-4,16-17H2,1-2H3,(H,31,33)/t23-,25-/m0/s1. The second-order valence-corrected chi connectivity index (χ2v) is 9.04. The molecule has 0 aliphatic carbocycles. The third kappa shape index (κ3) is 5.65. The molecule has 0 saturated heterocycles. The summed E-state index contributed by atoms with van der Waals surface area (Å²) in [6.45, 7) is 4.37. The number of nitrogens with one attached hydrogen (secondary N) is 1. The number of benzene rings is 3. The van der Waals surface area contributed by atoms with Gasteiger partial charge in [0.15, 0.2) is 6.10 Å². The zero-order valence-corrected chi connectivity index (χ0v) is 20.5. The molecule has 5 nitrogen and oxygen atoms in total. The highest BCUT2D eigenvalue weighted by Crippen LogP contribution is 2.32. The monoisotopic (exact) mass is 494 g/mol. The van der Waals surface area contributed by atoms with Crippen LogP contribution in [0.5, 0.6) is 5.75 Å². The van der Waals surface area contributed by atoms with E-state index in [2.05, 4.69) is 5.32 Å². The minimum Gasteiger partial charge on any atom is -0.480 e. The third-order valence-corrected chi connectivity index (χ3v) is 6.57. The summed E-state index contributed by atoms with van der Waals surface area (Å²) in [5.41, 5.74) is 3.02. The van der Waals surface area contributed by atoms with Crippen LogP contribution in [0.1, 0.15) is 49.3 Å². The third-order valence-electron chi connectivity index (χ3n) is 6.22. The van der Waals surface area contributed by atoms with Gasteiger partial charge in [0, 0.05) is 29.4 Å². The van der Waals surface area contributed by atoms with E-state index >= 15 is 0 Å². The van der Waals surface area contributed by atoms with Gasteiger partial charge in [-0.25, -0.2) is 4.39 Å². The van der Waals surface area contributed by atoms with Gasteiger partial charge in [-0.3, -0.25) is 9.59 Å². The molecule has 3 aromatic carbocycles. The van der Waals surface area contributed by atoms with Crippen molar-refractivity contribution in [2.75, 3.05) is 5.32 Å². The highest BCUT2D eigenvalue weighted by molar-refractivity contribution is 6.31. The van der Waals surface area contributed by atoms with Crippen molar-refractivity contribution in [3.05, 3.63) is 94.3 Å². The van der Waals surface area contributed by atoms with E-state index in [-0.39, 0.29) is 35.8 Å². The lowest BCUT2D eigenvalue weighted by atomic mass is 9.95. The first kappa shape index (κ1) is 24.7. The first-order valence-corrected chi connectivity index (χ1v) is 12.2. The number of nitrogens with zero attached hydrogens (tertiary/aromatic N) is 1. The Balaban J connectivity index is 1.58. The molecule has 0 radical (unpaired) electrons. The van der Waals surface area contributed by atoms with Crippen molar-refractivity contribution >= 4 is 29.1 Å². The van der Waals surface area contributed by atoms with Crippen LogP contribution in [0.25, 0.3) is 0 Å². The fourth-order valence-corrected chi connectivity index (χ4v) is 4.55. The Morgan fingerprint density at radius 1 is 1.14 bits per heavy atom. The lowest BCUT2D eigenvalue weighted by Gasteiger charge is -2.24. The predicted molar refractivity (Wildman–Crippen MR) is 135 cm³/mol. The van der Waals surface area contributed by atoms with Gasteiger partial charge in [-0.2, -0.15) is 0 Å². The van der Waals surface area contributed by atoms with Crippen molar-refractivity contribution in [3.8, 4) is 5.75 Å². The van der Waals surface area contributed by atoms with Crippen molar-refractivity contribution in [3.63, 3.8) is 0 Å². The highest BCUT2D eigenvalue weighted by atomic mass is 35.5. The molecular formula is C28H28ClFN2O3. The second-order valence-electron chi connectivity index (χ2n) is 8.63. The maximum absolute atomic E-state index is 13.5. The number of hydrogen-bond acceptors (Lipinski definition) is 3. The molecule has 0 aromatic heterocycles. The van der Waals surface area contributed by atoms with E-state index in [9.17, 15) is 14.0 Å². The van der Waals surface area contributed by atoms with Crippen LogP contribution in [0, 0.1) is 5.82 Å². The van der Waals surface area contributed by atoms with Crippen LogP contribution in [0.3, 0.4) is 0 Å². The molecule has 0 unspecified atom stereocenters. The Bertz CT molecular complexity index is 1220. The van der Waals surface area contributed by atoms with Gasteiger partial charge in [-0.15, -0.1) is 0 Å². The molecule has 0 bridgehead atoms. The van der Waals surface area contributed by atoms with Gasteiger partial charge < -0.3 is 15.0 Å². The van der Waals surface area contributed by atoms with E-state index in [1.807, 2.05) is 50.2 Å². The first-order valence-electron chi connectivity index (χ1n) is 11.8. The van der Waals surface area contributed by atoms with Crippen LogP contribution in [0.2, 0.25) is 5.02 Å². The highest BCUT2D eigenvalue weighted by Gasteiger charge is 2.30. The Labute approximate surface area is 209 Å². The molecule has 1 heterocycles. The molecule has 0 saturated carbocycles. The molecule has 0 fully saturated rings. The first-order chi connectivity index (χ1) is 16.9. The fourth-order valence-electron chi connectivity index (χ4n) is 4.32. The Morgan fingerprint density at radius 3 is 2.60 bits per heavy atom. The quantitative estimate of drug-likeness (QED) is 0.418. The molecular weight excluding hydrogens is 467 g/mol. The Kier molecular flexibility index (Phi) is 7.71. The number of carbonyl (C=O) groups excluding carboxylic acids is 2. The van der Waals surface area contributed by atoms with E-state index in [1.54, 1.807) is 23.1 Å². The summed E-state index contributed by atoms with van der Waals surface area (Å²) in [4.78, 5) is 27.9. The maximum Gasteiger partial charge on any atom is 0.264 e. The summed E-state index contributed by atoms with van der Waals surface area (Å²) < 4.78 is 19.5. The summed E-state index contributed by atoms with van der Waals surface area (Å²) in [6, 6.07) is 19.3. The average molecular weight is 495 g/mol. The molecule has 1 aliphatic rings. The molecule has 35 heavy (non-hydrogen) atoms. The van der Waals surface area contributed by atoms with Crippen LogP contribution < -0.4 is 10.1 Å². The molecule has 1 aliphatic heterocycles. The smallest absolute Gasteiger partial charge is 0.264 e. The Morgan fingerprint density at radius 2 is 1.91 bits per heavy atom. The van der Waals surface area contributed by atoms with Crippen LogP contribution in [-0.2, 0) is 22.7 Å². The van der Waals surface area contributed by atoms with Crippen molar-refractivity contribution < 1.29 is 18.7 Å². The molecule has 2 amide bonds. The second kappa shape index (κ2) is 10.9. The molecule has 2 atom stereocenters. The number of ether oxygens (including phenoxy) is 1. The maximum atomic E-state index is 13.5. The van der Waals surface area contributed by atoms with E-state index in [4.69, 9.17) is 16.3 Å². The van der Waals surface area contributed by atoms with Crippen molar-refractivity contribution in [1.82, 2.24) is 4.90 Å². The molecule has 182 valence electrons. The van der Waals surface area contributed by atoms with Crippen molar-refractivity contribution in [1.29, 1.82) is 0 Å². The number of amides is 2. The molecule has 1 N–H and O–H groups in total. The number of rotatable bonds is 7. The lowest BCUT2D eigenvalue weighted by molar-refractivity contribution is -0.139. The van der Waals surface area contributed by atoms with Gasteiger partial charge in [-0.05, 0) is 54.3 Å². The van der Waals surface area contributed by atoms with Crippen LogP contribution in [-0.4, -0.2) is 22.8 Å². The van der Waals surface area contributed by atoms with Gasteiger partial charge in [0.1, 0.15) is 11.6 Å². The number of halogens is 2. The zero-order chi connectivity index (χ0) is 24.9. The SMILES string of the molecule is CC[C@@H]1Oc2ccc(NC(=O)[C@@H](CC)c3ccccc3)cc2CN(Cc2ccc(F)cc2Cl)C1=O. The summed E-state index contributed by atoms with van der Waals surface area (Å²) in [6.07, 6.45) is 0.529. The van der Waals surface area contributed by atoms with Crippen LogP contribution >= 0.6 is 11.6 Å². The minimum absolute atomic E-state index is 0.0920. The molecule has 7 heteroatoms. The van der Waals surface area contributed by atoms with E-state index in [1.165, 1.54) is 12.1 Å². The fraction of sp³-hybridized carbons (Fsp3) is 0.286. The Hall–Kier alpha value is -3.38. The molecule has 4 rings (SSSR count). The zero-order valence-electron chi connectivity index (χ0n) is 19.8. The predicted octanol–water partition coefficient (Wildman–Crippen LogP) is 6.31. The number of fused-ring (bicyclic) bond motifs is 1. The minimum atomic E-state index is -0.640. The van der Waals surface area contributed by atoms with E-state index in [0.717, 1.165) is 11.1 Å². The summed E-state index contributed by atoms with van der Waals surface area (Å²) >= 11 is 6.23. The summed E-state index contributed by atoms with van der Waals surface area (Å²) in [5.74, 6) is -0.349. The van der Waals surface area contributed by atoms with Gasteiger partial charge in [0.25, 0.3) is 5.91 Å². The lowest BCUT2D eigenvalue weighted by Crippen LogP contribution is -2.38. The average Bonchev–Trinajstić information content (AvgIpc) is 2.98. The van der Waals surface area contributed by atoms with Crippen molar-refractivity contribution in [2.24, 2.45) is 0 Å². The largest absolute Gasteiger partial charge is 0.480 e. The van der Waals surface area contributed by atoms with Gasteiger partial charge in [0.05, 0.1) is 5.92 Å². The van der Waals surface area contributed by atoms with Crippen LogP contribution in [0.15, 0.2) is 66.7 Å². The number of hydrogen-bond donors (Lipinski definition) is 1. The van der Waals surface area contributed by atoms with Gasteiger partial charge in [0.2, 0.25) is 5.91 Å². The number of anilines is 1. The topological polar surface area (TPSA) is 58.6 Å². The molecule has 3 aromatic rings. The van der Waals surface area contributed by atoms with E-state index < -0.39 is 11.9 Å².